The van der Waals surface area contributed by atoms with Gasteiger partial charge in [-0.25, -0.2) is 0 Å². The van der Waals surface area contributed by atoms with Gasteiger partial charge in [-0.1, -0.05) is 28.9 Å². The van der Waals surface area contributed by atoms with E-state index in [-0.39, 0.29) is 17.8 Å². The number of halogens is 1. The molecule has 2 atom stereocenters. The highest BCUT2D eigenvalue weighted by Crippen LogP contribution is 2.32. The van der Waals surface area contributed by atoms with Crippen LogP contribution in [0.25, 0.3) is 0 Å². The molecule has 0 N–H and O–H groups in total. The minimum absolute atomic E-state index is 0.0538. The largest absolute Gasteiger partial charge is 0.391 e. The SMILES string of the molecule is O=C1CCC[C@H]2ON=C(c3ccc(Cl)cc3)[C@@H]12. The zero-order chi connectivity index (χ0) is 11.8. The minimum Gasteiger partial charge on any atom is -0.391 e. The molecule has 0 spiro atoms. The van der Waals surface area contributed by atoms with Gasteiger partial charge in [-0.05, 0) is 25.0 Å². The summed E-state index contributed by atoms with van der Waals surface area (Å²) in [6, 6.07) is 7.38. The van der Waals surface area contributed by atoms with Crippen LogP contribution in [0.4, 0.5) is 0 Å². The van der Waals surface area contributed by atoms with Crippen molar-refractivity contribution in [1.29, 1.82) is 0 Å². The monoisotopic (exact) mass is 249 g/mol. The lowest BCUT2D eigenvalue weighted by atomic mass is 9.81. The lowest BCUT2D eigenvalue weighted by molar-refractivity contribution is -0.126. The maximum atomic E-state index is 11.9. The second-order valence-corrected chi connectivity index (χ2v) is 4.90. The molecule has 17 heavy (non-hydrogen) atoms. The van der Waals surface area contributed by atoms with Crippen LogP contribution in [0.2, 0.25) is 5.02 Å². The van der Waals surface area contributed by atoms with Crippen LogP contribution in [0.15, 0.2) is 29.4 Å². The summed E-state index contributed by atoms with van der Waals surface area (Å²) in [5.41, 5.74) is 1.69. The number of nitrogens with zero attached hydrogens (tertiary/aromatic N) is 1. The first kappa shape index (κ1) is 10.8. The van der Waals surface area contributed by atoms with Crippen molar-refractivity contribution < 1.29 is 9.63 Å². The van der Waals surface area contributed by atoms with Crippen LogP contribution < -0.4 is 0 Å². The third kappa shape index (κ3) is 1.84. The number of Topliss-reactive ketones (excluding diaryl/α,β-unsaturated/α-hetero) is 1. The van der Waals surface area contributed by atoms with Gasteiger partial charge in [0, 0.05) is 17.0 Å². The first-order valence-corrected chi connectivity index (χ1v) is 6.16. The predicted octanol–water partition coefficient (Wildman–Crippen LogP) is 2.81. The lowest BCUT2D eigenvalue weighted by Gasteiger charge is -2.22. The number of hydrogen-bond acceptors (Lipinski definition) is 3. The van der Waals surface area contributed by atoms with E-state index in [1.54, 1.807) is 12.1 Å². The van der Waals surface area contributed by atoms with E-state index in [1.807, 2.05) is 12.1 Å². The summed E-state index contributed by atoms with van der Waals surface area (Å²) in [7, 11) is 0. The highest BCUT2D eigenvalue weighted by molar-refractivity contribution is 6.30. The Morgan fingerprint density at radius 3 is 2.82 bits per heavy atom. The van der Waals surface area contributed by atoms with Crippen LogP contribution in [0.1, 0.15) is 24.8 Å². The molecule has 0 saturated heterocycles. The zero-order valence-electron chi connectivity index (χ0n) is 9.23. The summed E-state index contributed by atoms with van der Waals surface area (Å²) in [5.74, 6) is 0.0670. The van der Waals surface area contributed by atoms with E-state index in [9.17, 15) is 4.79 Å². The van der Waals surface area contributed by atoms with Gasteiger partial charge in [0.05, 0.1) is 0 Å². The molecule has 0 bridgehead atoms. The summed E-state index contributed by atoms with van der Waals surface area (Å²) in [4.78, 5) is 17.3. The van der Waals surface area contributed by atoms with Gasteiger partial charge >= 0.3 is 0 Å². The van der Waals surface area contributed by atoms with Gasteiger partial charge in [0.1, 0.15) is 23.5 Å². The number of hydrogen-bond donors (Lipinski definition) is 0. The second kappa shape index (κ2) is 4.15. The Hall–Kier alpha value is -1.35. The van der Waals surface area contributed by atoms with E-state index in [2.05, 4.69) is 5.16 Å². The predicted molar refractivity (Wildman–Crippen MR) is 65.2 cm³/mol. The van der Waals surface area contributed by atoms with Crippen molar-refractivity contribution in [2.24, 2.45) is 11.1 Å². The normalized spacial score (nSPS) is 27.4. The molecule has 1 aromatic rings. The summed E-state index contributed by atoms with van der Waals surface area (Å²) >= 11 is 5.85. The van der Waals surface area contributed by atoms with Crippen LogP contribution >= 0.6 is 11.6 Å². The first-order valence-electron chi connectivity index (χ1n) is 5.78. The molecule has 3 nitrogen and oxygen atoms in total. The third-order valence-electron chi connectivity index (χ3n) is 3.35. The summed E-state index contributed by atoms with van der Waals surface area (Å²) < 4.78 is 0. The molecule has 1 aromatic carbocycles. The number of ketones is 1. The number of fused-ring (bicyclic) bond motifs is 1. The quantitative estimate of drug-likeness (QED) is 0.768. The molecule has 0 radical (unpaired) electrons. The van der Waals surface area contributed by atoms with Crippen LogP contribution in [0.5, 0.6) is 0 Å². The van der Waals surface area contributed by atoms with Crippen molar-refractivity contribution in [3.63, 3.8) is 0 Å². The van der Waals surface area contributed by atoms with E-state index in [4.69, 9.17) is 16.4 Å². The van der Waals surface area contributed by atoms with E-state index >= 15 is 0 Å². The molecule has 0 amide bonds. The van der Waals surface area contributed by atoms with E-state index in [1.165, 1.54) is 0 Å². The van der Waals surface area contributed by atoms with Crippen molar-refractivity contribution in [2.75, 3.05) is 0 Å². The number of oxime groups is 1. The molecule has 88 valence electrons. The van der Waals surface area contributed by atoms with Crippen molar-refractivity contribution in [2.45, 2.75) is 25.4 Å². The Morgan fingerprint density at radius 2 is 2.06 bits per heavy atom. The van der Waals surface area contributed by atoms with Crippen LogP contribution in [0, 0.1) is 5.92 Å². The van der Waals surface area contributed by atoms with E-state index in [0.29, 0.717) is 11.4 Å². The molecule has 1 saturated carbocycles. The molecule has 1 heterocycles. The Labute approximate surface area is 104 Å². The van der Waals surface area contributed by atoms with Gasteiger partial charge in [-0.2, -0.15) is 0 Å². The van der Waals surface area contributed by atoms with Crippen LogP contribution in [-0.4, -0.2) is 17.6 Å². The smallest absolute Gasteiger partial charge is 0.145 e. The Kier molecular flexibility index (Phi) is 2.63. The molecule has 4 heteroatoms. The molecule has 1 aliphatic carbocycles. The second-order valence-electron chi connectivity index (χ2n) is 4.46. The zero-order valence-corrected chi connectivity index (χ0v) is 9.98. The van der Waals surface area contributed by atoms with Gasteiger partial charge in [0.15, 0.2) is 0 Å². The number of rotatable bonds is 1. The molecule has 0 unspecified atom stereocenters. The first-order chi connectivity index (χ1) is 8.25. The Morgan fingerprint density at radius 1 is 1.29 bits per heavy atom. The van der Waals surface area contributed by atoms with Gasteiger partial charge in [0.2, 0.25) is 0 Å². The van der Waals surface area contributed by atoms with E-state index in [0.717, 1.165) is 24.1 Å². The number of carbonyl (C=O) groups excluding carboxylic acids is 1. The van der Waals surface area contributed by atoms with Gasteiger partial charge in [-0.15, -0.1) is 0 Å². The molecule has 0 aromatic heterocycles. The average Bonchev–Trinajstić information content (AvgIpc) is 2.75. The van der Waals surface area contributed by atoms with Crippen molar-refractivity contribution in [3.8, 4) is 0 Å². The van der Waals surface area contributed by atoms with Gasteiger partial charge in [-0.3, -0.25) is 4.79 Å². The summed E-state index contributed by atoms with van der Waals surface area (Å²) in [5, 5.41) is 4.76. The number of benzene rings is 1. The lowest BCUT2D eigenvalue weighted by Crippen LogP contribution is -2.35. The van der Waals surface area contributed by atoms with E-state index < -0.39 is 0 Å². The topological polar surface area (TPSA) is 38.7 Å². The van der Waals surface area contributed by atoms with Crippen molar-refractivity contribution in [3.05, 3.63) is 34.9 Å². The molecule has 1 aliphatic heterocycles. The number of carbonyl (C=O) groups is 1. The van der Waals surface area contributed by atoms with Gasteiger partial charge < -0.3 is 4.84 Å². The fraction of sp³-hybridized carbons (Fsp3) is 0.385. The fourth-order valence-electron chi connectivity index (χ4n) is 2.48. The maximum Gasteiger partial charge on any atom is 0.145 e. The highest BCUT2D eigenvalue weighted by atomic mass is 35.5. The standard InChI is InChI=1S/C13H12ClNO2/c14-9-6-4-8(5-7-9)13-12-10(16)2-1-3-11(12)17-15-13/h4-7,11-12H,1-3H2/t11-,12+/m1/s1. The third-order valence-corrected chi connectivity index (χ3v) is 3.60. The maximum absolute atomic E-state index is 11.9. The minimum atomic E-state index is -0.176. The summed E-state index contributed by atoms with van der Waals surface area (Å²) in [6.45, 7) is 0. The van der Waals surface area contributed by atoms with Crippen molar-refractivity contribution >= 4 is 23.1 Å². The molecule has 3 rings (SSSR count). The summed E-state index contributed by atoms with van der Waals surface area (Å²) in [6.07, 6.45) is 2.40. The molecule has 2 aliphatic rings. The Bertz CT molecular complexity index is 481. The molecular weight excluding hydrogens is 238 g/mol. The molecule has 1 fully saturated rings. The fourth-order valence-corrected chi connectivity index (χ4v) is 2.61. The highest BCUT2D eigenvalue weighted by Gasteiger charge is 2.42. The average molecular weight is 250 g/mol. The van der Waals surface area contributed by atoms with Crippen molar-refractivity contribution in [1.82, 2.24) is 0 Å². The molecular formula is C13H12ClNO2. The van der Waals surface area contributed by atoms with Crippen LogP contribution in [-0.2, 0) is 9.63 Å². The van der Waals surface area contributed by atoms with Gasteiger partial charge in [0.25, 0.3) is 0 Å². The van der Waals surface area contributed by atoms with Crippen LogP contribution in [0.3, 0.4) is 0 Å². The Balaban J connectivity index is 1.93.